The van der Waals surface area contributed by atoms with Gasteiger partial charge in [0.15, 0.2) is 0 Å². The topological polar surface area (TPSA) is 48.0 Å². The van der Waals surface area contributed by atoms with Gasteiger partial charge in [-0.25, -0.2) is 0 Å². The molecule has 0 bridgehead atoms. The van der Waals surface area contributed by atoms with Crippen molar-refractivity contribution in [3.63, 3.8) is 0 Å². The first-order valence-corrected chi connectivity index (χ1v) is 7.64. The van der Waals surface area contributed by atoms with E-state index in [1.54, 1.807) is 16.8 Å². The Balaban J connectivity index is 2.14. The molecular weight excluding hydrogens is 272 g/mol. The molecule has 22 heavy (non-hydrogen) atoms. The first-order chi connectivity index (χ1) is 10.4. The van der Waals surface area contributed by atoms with Crippen molar-refractivity contribution in [1.82, 2.24) is 4.57 Å². The molecule has 0 amide bonds. The number of nitrogens with two attached hydrogens (primary N) is 1. The molecule has 0 aliphatic carbocycles. The molecule has 0 spiro atoms. The number of aromatic nitrogens is 1. The molecule has 0 aliphatic rings. The van der Waals surface area contributed by atoms with Gasteiger partial charge in [0.25, 0.3) is 5.56 Å². The van der Waals surface area contributed by atoms with Crippen molar-refractivity contribution in [2.75, 3.05) is 0 Å². The van der Waals surface area contributed by atoms with E-state index in [2.05, 4.69) is 31.2 Å². The summed E-state index contributed by atoms with van der Waals surface area (Å²) in [6, 6.07) is 12.0. The van der Waals surface area contributed by atoms with E-state index in [1.807, 2.05) is 32.1 Å². The highest BCUT2D eigenvalue weighted by Crippen LogP contribution is 2.09. The van der Waals surface area contributed by atoms with Gasteiger partial charge in [0, 0.05) is 24.3 Å². The zero-order chi connectivity index (χ0) is 16.2. The van der Waals surface area contributed by atoms with Crippen molar-refractivity contribution in [3.8, 4) is 0 Å². The van der Waals surface area contributed by atoms with Gasteiger partial charge in [-0.05, 0) is 43.0 Å². The Morgan fingerprint density at radius 3 is 2.27 bits per heavy atom. The number of benzene rings is 1. The Morgan fingerprint density at radius 2 is 1.73 bits per heavy atom. The van der Waals surface area contributed by atoms with Crippen LogP contribution in [0.2, 0.25) is 0 Å². The van der Waals surface area contributed by atoms with Crippen molar-refractivity contribution >= 4 is 12.2 Å². The van der Waals surface area contributed by atoms with Crippen LogP contribution in [0.25, 0.3) is 12.2 Å². The van der Waals surface area contributed by atoms with Crippen LogP contribution < -0.4 is 11.3 Å². The van der Waals surface area contributed by atoms with E-state index in [0.717, 1.165) is 17.5 Å². The number of aryl methyl sites for hydroxylation is 1. The highest BCUT2D eigenvalue weighted by atomic mass is 16.1. The molecule has 3 heteroatoms. The van der Waals surface area contributed by atoms with Crippen LogP contribution in [0, 0.1) is 0 Å². The Hall–Kier alpha value is -2.13. The maximum atomic E-state index is 12.1. The summed E-state index contributed by atoms with van der Waals surface area (Å²) in [6.07, 6.45) is 6.82. The molecule has 1 heterocycles. The Labute approximate surface area is 132 Å². The first-order valence-electron chi connectivity index (χ1n) is 7.64. The van der Waals surface area contributed by atoms with Gasteiger partial charge in [-0.1, -0.05) is 43.3 Å². The fraction of sp³-hybridized carbons (Fsp3) is 0.316. The van der Waals surface area contributed by atoms with Gasteiger partial charge in [-0.2, -0.15) is 0 Å². The molecule has 2 N–H and O–H groups in total. The third-order valence-electron chi connectivity index (χ3n) is 3.45. The zero-order valence-corrected chi connectivity index (χ0v) is 13.5. The van der Waals surface area contributed by atoms with Crippen LogP contribution in [0.1, 0.15) is 37.5 Å². The maximum absolute atomic E-state index is 12.1. The van der Waals surface area contributed by atoms with Gasteiger partial charge in [0.1, 0.15) is 0 Å². The summed E-state index contributed by atoms with van der Waals surface area (Å²) < 4.78 is 1.65. The van der Waals surface area contributed by atoms with Gasteiger partial charge in [-0.3, -0.25) is 4.79 Å². The van der Waals surface area contributed by atoms with E-state index in [0.29, 0.717) is 6.54 Å². The largest absolute Gasteiger partial charge is 0.324 e. The second kappa shape index (κ2) is 6.75. The molecule has 116 valence electrons. The quantitative estimate of drug-likeness (QED) is 0.920. The lowest BCUT2D eigenvalue weighted by Crippen LogP contribution is -2.40. The fourth-order valence-electron chi connectivity index (χ4n) is 2.25. The van der Waals surface area contributed by atoms with Crippen LogP contribution in [0.15, 0.2) is 47.4 Å². The number of rotatable bonds is 5. The predicted octanol–water partition coefficient (Wildman–Crippen LogP) is 3.32. The van der Waals surface area contributed by atoms with Crippen LogP contribution in [0.4, 0.5) is 0 Å². The number of hydrogen-bond donors (Lipinski definition) is 1. The standard InChI is InChI=1S/C19H24N2O/c1-4-15-5-7-16(8-6-15)9-10-17-11-12-21(18(22)13-17)14-19(2,3)20/h5-13H,4,14,20H2,1-3H3/b10-9+. The van der Waals surface area contributed by atoms with E-state index in [9.17, 15) is 4.79 Å². The SMILES string of the molecule is CCc1ccc(/C=C/c2ccn(CC(C)(C)N)c(=O)c2)cc1. The van der Waals surface area contributed by atoms with E-state index < -0.39 is 5.54 Å². The van der Waals surface area contributed by atoms with Crippen molar-refractivity contribution in [1.29, 1.82) is 0 Å². The fourth-order valence-corrected chi connectivity index (χ4v) is 2.25. The van der Waals surface area contributed by atoms with Gasteiger partial charge in [-0.15, -0.1) is 0 Å². The second-order valence-corrected chi connectivity index (χ2v) is 6.34. The summed E-state index contributed by atoms with van der Waals surface area (Å²) in [5, 5.41) is 0. The highest BCUT2D eigenvalue weighted by molar-refractivity contribution is 5.69. The van der Waals surface area contributed by atoms with Crippen LogP contribution in [-0.2, 0) is 13.0 Å². The minimum absolute atomic E-state index is 0.0259. The number of hydrogen-bond acceptors (Lipinski definition) is 2. The van der Waals surface area contributed by atoms with Crippen molar-refractivity contribution in [2.24, 2.45) is 5.73 Å². The third-order valence-corrected chi connectivity index (χ3v) is 3.45. The molecule has 1 aromatic heterocycles. The zero-order valence-electron chi connectivity index (χ0n) is 13.5. The molecule has 0 fully saturated rings. The third kappa shape index (κ3) is 4.71. The van der Waals surface area contributed by atoms with Gasteiger partial charge in [0.05, 0.1) is 0 Å². The molecule has 2 rings (SSSR count). The Morgan fingerprint density at radius 1 is 1.09 bits per heavy atom. The smallest absolute Gasteiger partial charge is 0.251 e. The number of pyridine rings is 1. The minimum atomic E-state index is -0.401. The molecule has 0 saturated heterocycles. The highest BCUT2D eigenvalue weighted by Gasteiger charge is 2.11. The first kappa shape index (κ1) is 16.2. The van der Waals surface area contributed by atoms with Crippen molar-refractivity contribution < 1.29 is 0 Å². The summed E-state index contributed by atoms with van der Waals surface area (Å²) in [5.74, 6) is 0. The monoisotopic (exact) mass is 296 g/mol. The summed E-state index contributed by atoms with van der Waals surface area (Å²) in [6.45, 7) is 6.47. The van der Waals surface area contributed by atoms with Gasteiger partial charge < -0.3 is 10.3 Å². The normalized spacial score (nSPS) is 12.0. The Kier molecular flexibility index (Phi) is 4.99. The average Bonchev–Trinajstić information content (AvgIpc) is 2.47. The van der Waals surface area contributed by atoms with Crippen molar-refractivity contribution in [2.45, 2.75) is 39.3 Å². The van der Waals surface area contributed by atoms with Crippen molar-refractivity contribution in [3.05, 3.63) is 69.6 Å². The second-order valence-electron chi connectivity index (χ2n) is 6.34. The summed E-state index contributed by atoms with van der Waals surface area (Å²) in [4.78, 5) is 12.1. The van der Waals surface area contributed by atoms with Gasteiger partial charge >= 0.3 is 0 Å². The minimum Gasteiger partial charge on any atom is -0.324 e. The Bertz CT molecular complexity index is 703. The summed E-state index contributed by atoms with van der Waals surface area (Å²) >= 11 is 0. The average molecular weight is 296 g/mol. The van der Waals surface area contributed by atoms with Crippen LogP contribution >= 0.6 is 0 Å². The van der Waals surface area contributed by atoms with Crippen LogP contribution in [-0.4, -0.2) is 10.1 Å². The van der Waals surface area contributed by atoms with E-state index >= 15 is 0 Å². The molecule has 0 atom stereocenters. The van der Waals surface area contributed by atoms with Gasteiger partial charge in [0.2, 0.25) is 0 Å². The molecule has 2 aromatic rings. The molecule has 0 radical (unpaired) electrons. The molecular formula is C19H24N2O. The lowest BCUT2D eigenvalue weighted by molar-refractivity contribution is 0.426. The molecule has 0 unspecified atom stereocenters. The predicted molar refractivity (Wildman–Crippen MR) is 93.7 cm³/mol. The van der Waals surface area contributed by atoms with E-state index in [1.165, 1.54) is 5.56 Å². The molecule has 0 saturated carbocycles. The maximum Gasteiger partial charge on any atom is 0.251 e. The van der Waals surface area contributed by atoms with E-state index in [4.69, 9.17) is 5.73 Å². The number of nitrogens with zero attached hydrogens (tertiary/aromatic N) is 1. The van der Waals surface area contributed by atoms with Crippen LogP contribution in [0.5, 0.6) is 0 Å². The van der Waals surface area contributed by atoms with Crippen LogP contribution in [0.3, 0.4) is 0 Å². The summed E-state index contributed by atoms with van der Waals surface area (Å²) in [7, 11) is 0. The summed E-state index contributed by atoms with van der Waals surface area (Å²) in [5.41, 5.74) is 8.88. The lowest BCUT2D eigenvalue weighted by atomic mass is 10.1. The van der Waals surface area contributed by atoms with E-state index in [-0.39, 0.29) is 5.56 Å². The molecule has 1 aromatic carbocycles. The molecule has 0 aliphatic heterocycles. The lowest BCUT2D eigenvalue weighted by Gasteiger charge is -2.19. The molecule has 3 nitrogen and oxygen atoms in total.